The Morgan fingerprint density at radius 3 is 2.76 bits per heavy atom. The van der Waals surface area contributed by atoms with E-state index in [1.165, 1.54) is 0 Å². The van der Waals surface area contributed by atoms with E-state index in [1.54, 1.807) is 0 Å². The number of hydrogen-bond donors (Lipinski definition) is 1. The second-order valence-corrected chi connectivity index (χ2v) is 5.92. The number of amides is 1. The summed E-state index contributed by atoms with van der Waals surface area (Å²) >= 11 is 0. The summed E-state index contributed by atoms with van der Waals surface area (Å²) in [6.07, 6.45) is 1.14. The molecule has 7 heteroatoms. The molecule has 1 unspecified atom stereocenters. The minimum atomic E-state index is 0.0869. The van der Waals surface area contributed by atoms with Crippen molar-refractivity contribution in [1.82, 2.24) is 29.9 Å². The molecule has 1 fully saturated rings. The molecule has 0 spiro atoms. The molecular weight excluding hydrogens is 268 g/mol. The van der Waals surface area contributed by atoms with E-state index in [2.05, 4.69) is 39.3 Å². The Labute approximate surface area is 126 Å². The zero-order chi connectivity index (χ0) is 15.4. The number of nitrogens with zero attached hydrogens (tertiary/aromatic N) is 5. The number of hydrogen-bond acceptors (Lipinski definition) is 5. The standard InChI is InChI=1S/C14H26N6O/c1-11-16-12(2)20(17-11)8-6-15-14(21)10-19-7-5-13(9-19)18(3)4/h13H,5-10H2,1-4H3,(H,15,21). The minimum absolute atomic E-state index is 0.0869. The van der Waals surface area contributed by atoms with Gasteiger partial charge in [-0.2, -0.15) is 5.10 Å². The monoisotopic (exact) mass is 294 g/mol. The smallest absolute Gasteiger partial charge is 0.234 e. The van der Waals surface area contributed by atoms with Gasteiger partial charge in [-0.05, 0) is 34.4 Å². The van der Waals surface area contributed by atoms with Crippen LogP contribution in [0.2, 0.25) is 0 Å². The molecule has 1 aromatic rings. The average molecular weight is 294 g/mol. The predicted octanol–water partition coefficient (Wildman–Crippen LogP) is -0.353. The Hall–Kier alpha value is -1.47. The molecule has 1 aromatic heterocycles. The van der Waals surface area contributed by atoms with E-state index in [4.69, 9.17) is 0 Å². The maximum Gasteiger partial charge on any atom is 0.234 e. The zero-order valence-electron chi connectivity index (χ0n) is 13.5. The predicted molar refractivity (Wildman–Crippen MR) is 81.0 cm³/mol. The van der Waals surface area contributed by atoms with Crippen LogP contribution in [0, 0.1) is 13.8 Å². The molecule has 0 saturated carbocycles. The fourth-order valence-corrected chi connectivity index (χ4v) is 2.71. The molecule has 0 aliphatic carbocycles. The van der Waals surface area contributed by atoms with Crippen molar-refractivity contribution < 1.29 is 4.79 Å². The molecule has 2 rings (SSSR count). The fraction of sp³-hybridized carbons (Fsp3) is 0.786. The highest BCUT2D eigenvalue weighted by Gasteiger charge is 2.24. The number of likely N-dealkylation sites (tertiary alicyclic amines) is 1. The average Bonchev–Trinajstić information content (AvgIpc) is 2.97. The number of carbonyl (C=O) groups excluding carboxylic acids is 1. The lowest BCUT2D eigenvalue weighted by Crippen LogP contribution is -2.39. The van der Waals surface area contributed by atoms with E-state index >= 15 is 0 Å². The van der Waals surface area contributed by atoms with Crippen molar-refractivity contribution in [3.63, 3.8) is 0 Å². The molecule has 7 nitrogen and oxygen atoms in total. The molecule has 1 atom stereocenters. The van der Waals surface area contributed by atoms with Gasteiger partial charge < -0.3 is 10.2 Å². The van der Waals surface area contributed by atoms with Crippen LogP contribution in [0.1, 0.15) is 18.1 Å². The van der Waals surface area contributed by atoms with Crippen molar-refractivity contribution in [2.24, 2.45) is 0 Å². The largest absolute Gasteiger partial charge is 0.353 e. The first kappa shape index (κ1) is 15.9. The molecule has 1 aliphatic heterocycles. The first-order valence-corrected chi connectivity index (χ1v) is 7.49. The second-order valence-electron chi connectivity index (χ2n) is 5.92. The summed E-state index contributed by atoms with van der Waals surface area (Å²) in [5.41, 5.74) is 0. The second kappa shape index (κ2) is 7.00. The first-order chi connectivity index (χ1) is 9.95. The van der Waals surface area contributed by atoms with Gasteiger partial charge in [0.1, 0.15) is 11.6 Å². The molecule has 1 N–H and O–H groups in total. The number of likely N-dealkylation sites (N-methyl/N-ethyl adjacent to an activating group) is 1. The number of carbonyl (C=O) groups is 1. The number of aromatic nitrogens is 3. The molecule has 1 saturated heterocycles. The highest BCUT2D eigenvalue weighted by atomic mass is 16.2. The highest BCUT2D eigenvalue weighted by molar-refractivity contribution is 5.78. The van der Waals surface area contributed by atoms with Gasteiger partial charge in [-0.3, -0.25) is 9.69 Å². The van der Waals surface area contributed by atoms with E-state index in [0.29, 0.717) is 25.7 Å². The zero-order valence-corrected chi connectivity index (χ0v) is 13.5. The maximum absolute atomic E-state index is 11.9. The highest BCUT2D eigenvalue weighted by Crippen LogP contribution is 2.12. The van der Waals surface area contributed by atoms with Gasteiger partial charge in [-0.15, -0.1) is 0 Å². The van der Waals surface area contributed by atoms with Crippen LogP contribution in [0.25, 0.3) is 0 Å². The van der Waals surface area contributed by atoms with Crippen molar-refractivity contribution in [2.45, 2.75) is 32.9 Å². The van der Waals surface area contributed by atoms with Crippen molar-refractivity contribution >= 4 is 5.91 Å². The lowest BCUT2D eigenvalue weighted by atomic mass is 10.2. The first-order valence-electron chi connectivity index (χ1n) is 7.49. The van der Waals surface area contributed by atoms with Gasteiger partial charge in [0, 0.05) is 25.7 Å². The Bertz CT molecular complexity index is 484. The minimum Gasteiger partial charge on any atom is -0.353 e. The van der Waals surface area contributed by atoms with E-state index in [9.17, 15) is 4.79 Å². The molecule has 2 heterocycles. The van der Waals surface area contributed by atoms with Crippen molar-refractivity contribution in [3.8, 4) is 0 Å². The Morgan fingerprint density at radius 1 is 1.43 bits per heavy atom. The van der Waals surface area contributed by atoms with Crippen LogP contribution in [0.15, 0.2) is 0 Å². The maximum atomic E-state index is 11.9. The third-order valence-electron chi connectivity index (χ3n) is 3.95. The quantitative estimate of drug-likeness (QED) is 0.777. The van der Waals surface area contributed by atoms with Gasteiger partial charge >= 0.3 is 0 Å². The summed E-state index contributed by atoms with van der Waals surface area (Å²) in [7, 11) is 4.19. The van der Waals surface area contributed by atoms with Crippen LogP contribution in [-0.2, 0) is 11.3 Å². The molecule has 21 heavy (non-hydrogen) atoms. The molecule has 0 aromatic carbocycles. The summed E-state index contributed by atoms with van der Waals surface area (Å²) < 4.78 is 1.83. The van der Waals surface area contributed by atoms with Crippen LogP contribution in [0.4, 0.5) is 0 Å². The number of nitrogens with one attached hydrogen (secondary N) is 1. The van der Waals surface area contributed by atoms with Crippen LogP contribution in [-0.4, -0.2) is 76.8 Å². The third-order valence-corrected chi connectivity index (χ3v) is 3.95. The van der Waals surface area contributed by atoms with Crippen LogP contribution >= 0.6 is 0 Å². The van der Waals surface area contributed by atoms with Crippen LogP contribution < -0.4 is 5.32 Å². The summed E-state index contributed by atoms with van der Waals surface area (Å²) in [5, 5.41) is 7.23. The molecule has 0 bridgehead atoms. The topological polar surface area (TPSA) is 66.3 Å². The molecule has 1 amide bonds. The van der Waals surface area contributed by atoms with Gasteiger partial charge in [0.25, 0.3) is 0 Å². The van der Waals surface area contributed by atoms with E-state index < -0.39 is 0 Å². The SMILES string of the molecule is Cc1nc(C)n(CCNC(=O)CN2CCC(N(C)C)C2)n1. The van der Waals surface area contributed by atoms with Gasteiger partial charge in [0.2, 0.25) is 5.91 Å². The Balaban J connectivity index is 1.67. The number of rotatable bonds is 6. The van der Waals surface area contributed by atoms with Crippen molar-refractivity contribution in [3.05, 3.63) is 11.6 Å². The normalized spacial score (nSPS) is 19.4. The summed E-state index contributed by atoms with van der Waals surface area (Å²) in [4.78, 5) is 20.6. The third kappa shape index (κ3) is 4.50. The summed E-state index contributed by atoms with van der Waals surface area (Å²) in [5.74, 6) is 1.74. The van der Waals surface area contributed by atoms with Gasteiger partial charge in [0.05, 0.1) is 13.1 Å². The van der Waals surface area contributed by atoms with Crippen LogP contribution in [0.3, 0.4) is 0 Å². The summed E-state index contributed by atoms with van der Waals surface area (Å²) in [6, 6.07) is 0.568. The van der Waals surface area contributed by atoms with Gasteiger partial charge in [-0.1, -0.05) is 0 Å². The Morgan fingerprint density at radius 2 is 2.19 bits per heavy atom. The Kier molecular flexibility index (Phi) is 5.30. The van der Waals surface area contributed by atoms with E-state index in [0.717, 1.165) is 31.2 Å². The van der Waals surface area contributed by atoms with E-state index in [-0.39, 0.29) is 5.91 Å². The van der Waals surface area contributed by atoms with E-state index in [1.807, 2.05) is 18.5 Å². The van der Waals surface area contributed by atoms with Gasteiger partial charge in [0.15, 0.2) is 0 Å². The van der Waals surface area contributed by atoms with Crippen LogP contribution in [0.5, 0.6) is 0 Å². The lowest BCUT2D eigenvalue weighted by Gasteiger charge is -2.20. The van der Waals surface area contributed by atoms with Crippen molar-refractivity contribution in [2.75, 3.05) is 40.3 Å². The number of aryl methyl sites for hydroxylation is 2. The van der Waals surface area contributed by atoms with Gasteiger partial charge in [-0.25, -0.2) is 9.67 Å². The fourth-order valence-electron chi connectivity index (χ4n) is 2.71. The molecular formula is C14H26N6O. The van der Waals surface area contributed by atoms with Crippen molar-refractivity contribution in [1.29, 1.82) is 0 Å². The lowest BCUT2D eigenvalue weighted by molar-refractivity contribution is -0.122. The molecule has 118 valence electrons. The molecule has 0 radical (unpaired) electrons. The summed E-state index contributed by atoms with van der Waals surface area (Å²) in [6.45, 7) is 7.51. The molecule has 1 aliphatic rings.